The molecule has 1 aliphatic heterocycles. The molecule has 2 atom stereocenters. The summed E-state index contributed by atoms with van der Waals surface area (Å²) in [6.07, 6.45) is 1.17. The van der Waals surface area contributed by atoms with Crippen LogP contribution in [0.2, 0.25) is 0 Å². The monoisotopic (exact) mass is 270 g/mol. The number of fused-ring (bicyclic) bond motifs is 1. The molecule has 0 saturated carbocycles. The van der Waals surface area contributed by atoms with Crippen LogP contribution in [0.15, 0.2) is 24.3 Å². The Balaban J connectivity index is 1.88. The molecule has 104 valence electrons. The van der Waals surface area contributed by atoms with Crippen molar-refractivity contribution in [1.29, 1.82) is 0 Å². The van der Waals surface area contributed by atoms with Gasteiger partial charge in [-0.2, -0.15) is 0 Å². The Hall–Kier alpha value is -2.04. The molecule has 0 spiro atoms. The first-order chi connectivity index (χ1) is 9.63. The van der Waals surface area contributed by atoms with Crippen molar-refractivity contribution in [2.75, 3.05) is 13.1 Å². The van der Waals surface area contributed by atoms with Crippen molar-refractivity contribution in [3.8, 4) is 0 Å². The van der Waals surface area contributed by atoms with E-state index in [9.17, 15) is 4.79 Å². The molecule has 5 heteroatoms. The number of benzene rings is 1. The van der Waals surface area contributed by atoms with Crippen molar-refractivity contribution in [2.45, 2.75) is 20.3 Å². The third kappa shape index (κ3) is 2.48. The zero-order chi connectivity index (χ0) is 14.1. The maximum atomic E-state index is 12.5. The number of hydrogen-bond donors (Lipinski definition) is 0. The molecule has 5 nitrogen and oxygen atoms in total. The van der Waals surface area contributed by atoms with Crippen molar-refractivity contribution in [3.63, 3.8) is 0 Å². The molecule has 2 unspecified atom stereocenters. The quantitative estimate of drug-likeness (QED) is 0.796. The average Bonchev–Trinajstić information content (AvgIpc) is 2.45. The summed E-state index contributed by atoms with van der Waals surface area (Å²) >= 11 is 0. The molecule has 0 bridgehead atoms. The molecule has 1 aromatic heterocycles. The number of likely N-dealkylation sites (tertiary alicyclic amines) is 1. The summed E-state index contributed by atoms with van der Waals surface area (Å²) in [6.45, 7) is 5.91. The second-order valence-corrected chi connectivity index (χ2v) is 5.78. The second kappa shape index (κ2) is 5.15. The van der Waals surface area contributed by atoms with Gasteiger partial charge in [-0.25, -0.2) is 4.98 Å². The van der Waals surface area contributed by atoms with Gasteiger partial charge in [-0.3, -0.25) is 4.79 Å². The molecule has 20 heavy (non-hydrogen) atoms. The van der Waals surface area contributed by atoms with Crippen LogP contribution in [0.1, 0.15) is 30.9 Å². The van der Waals surface area contributed by atoms with Gasteiger partial charge in [-0.05, 0) is 30.4 Å². The fraction of sp³-hybridized carbons (Fsp3) is 0.467. The van der Waals surface area contributed by atoms with E-state index in [-0.39, 0.29) is 11.7 Å². The molecule has 1 aromatic carbocycles. The van der Waals surface area contributed by atoms with Gasteiger partial charge in [0.15, 0.2) is 0 Å². The summed E-state index contributed by atoms with van der Waals surface area (Å²) in [4.78, 5) is 18.7. The highest BCUT2D eigenvalue weighted by molar-refractivity contribution is 5.92. The van der Waals surface area contributed by atoms with Crippen molar-refractivity contribution < 1.29 is 4.79 Å². The smallest absolute Gasteiger partial charge is 0.293 e. The third-order valence-electron chi connectivity index (χ3n) is 3.71. The van der Waals surface area contributed by atoms with Crippen LogP contribution in [-0.2, 0) is 0 Å². The first-order valence-corrected chi connectivity index (χ1v) is 7.02. The van der Waals surface area contributed by atoms with Crippen molar-refractivity contribution in [1.82, 2.24) is 20.1 Å². The number of nitrogens with zero attached hydrogens (tertiary/aromatic N) is 4. The minimum absolute atomic E-state index is 0.110. The minimum Gasteiger partial charge on any atom is -0.335 e. The Morgan fingerprint density at radius 1 is 1.10 bits per heavy atom. The zero-order valence-electron chi connectivity index (χ0n) is 11.8. The lowest BCUT2D eigenvalue weighted by Gasteiger charge is -2.34. The number of carbonyl (C=O) groups excluding carboxylic acids is 1. The molecule has 0 aliphatic carbocycles. The van der Waals surface area contributed by atoms with E-state index < -0.39 is 0 Å². The van der Waals surface area contributed by atoms with Crippen LogP contribution in [-0.4, -0.2) is 39.1 Å². The Morgan fingerprint density at radius 2 is 1.75 bits per heavy atom. The van der Waals surface area contributed by atoms with Gasteiger partial charge in [0, 0.05) is 13.1 Å². The van der Waals surface area contributed by atoms with Crippen LogP contribution in [0.4, 0.5) is 0 Å². The number of para-hydroxylation sites is 1. The average molecular weight is 270 g/mol. The fourth-order valence-electron chi connectivity index (χ4n) is 2.94. The van der Waals surface area contributed by atoms with Crippen LogP contribution < -0.4 is 0 Å². The molecule has 2 heterocycles. The Kier molecular flexibility index (Phi) is 3.34. The van der Waals surface area contributed by atoms with Gasteiger partial charge in [-0.1, -0.05) is 26.0 Å². The van der Waals surface area contributed by atoms with Gasteiger partial charge in [0.05, 0.1) is 5.52 Å². The lowest BCUT2D eigenvalue weighted by molar-refractivity contribution is 0.0610. The van der Waals surface area contributed by atoms with E-state index in [1.54, 1.807) is 0 Å². The van der Waals surface area contributed by atoms with Gasteiger partial charge in [-0.15, -0.1) is 10.2 Å². The van der Waals surface area contributed by atoms with Crippen molar-refractivity contribution in [3.05, 3.63) is 30.1 Å². The van der Waals surface area contributed by atoms with Gasteiger partial charge in [0.2, 0.25) is 5.82 Å². The second-order valence-electron chi connectivity index (χ2n) is 5.78. The third-order valence-corrected chi connectivity index (χ3v) is 3.71. The number of carbonyl (C=O) groups is 1. The molecular weight excluding hydrogens is 252 g/mol. The molecule has 0 N–H and O–H groups in total. The largest absolute Gasteiger partial charge is 0.335 e. The van der Waals surface area contributed by atoms with Gasteiger partial charge in [0.25, 0.3) is 5.91 Å². The summed E-state index contributed by atoms with van der Waals surface area (Å²) < 4.78 is 0. The maximum absolute atomic E-state index is 12.5. The standard InChI is InChI=1S/C15H18N4O/c1-10-7-11(2)9-19(8-10)15(20)14-16-12-5-3-4-6-13(12)17-18-14/h3-6,10-11H,7-9H2,1-2H3. The number of amides is 1. The van der Waals surface area contributed by atoms with Crippen LogP contribution in [0.5, 0.6) is 0 Å². The van der Waals surface area contributed by atoms with Crippen molar-refractivity contribution >= 4 is 16.9 Å². The van der Waals surface area contributed by atoms with Crippen LogP contribution in [0, 0.1) is 11.8 Å². The van der Waals surface area contributed by atoms with Gasteiger partial charge < -0.3 is 4.90 Å². The summed E-state index contributed by atoms with van der Waals surface area (Å²) in [5.41, 5.74) is 1.42. The highest BCUT2D eigenvalue weighted by Gasteiger charge is 2.27. The molecule has 2 aromatic rings. The van der Waals surface area contributed by atoms with Crippen LogP contribution in [0.3, 0.4) is 0 Å². The highest BCUT2D eigenvalue weighted by Crippen LogP contribution is 2.22. The number of aromatic nitrogens is 3. The molecule has 0 radical (unpaired) electrons. The summed E-state index contributed by atoms with van der Waals surface area (Å²) in [6, 6.07) is 7.46. The topological polar surface area (TPSA) is 59.0 Å². The lowest BCUT2D eigenvalue weighted by atomic mass is 9.92. The van der Waals surface area contributed by atoms with E-state index in [1.807, 2.05) is 29.2 Å². The van der Waals surface area contributed by atoms with Gasteiger partial charge in [0.1, 0.15) is 5.52 Å². The number of piperidine rings is 1. The zero-order valence-corrected chi connectivity index (χ0v) is 11.8. The van der Waals surface area contributed by atoms with Crippen LogP contribution >= 0.6 is 0 Å². The predicted octanol–water partition coefficient (Wildman–Crippen LogP) is 2.14. The molecular formula is C15H18N4O. The fourth-order valence-corrected chi connectivity index (χ4v) is 2.94. The minimum atomic E-state index is -0.110. The summed E-state index contributed by atoms with van der Waals surface area (Å²) in [5, 5.41) is 8.05. The lowest BCUT2D eigenvalue weighted by Crippen LogP contribution is -2.43. The SMILES string of the molecule is CC1CC(C)CN(C(=O)c2nnc3ccccc3n2)C1. The highest BCUT2D eigenvalue weighted by atomic mass is 16.2. The van der Waals surface area contributed by atoms with E-state index >= 15 is 0 Å². The van der Waals surface area contributed by atoms with Crippen molar-refractivity contribution in [2.24, 2.45) is 11.8 Å². The molecule has 1 aliphatic rings. The predicted molar refractivity (Wildman–Crippen MR) is 76.2 cm³/mol. The molecule has 1 fully saturated rings. The first-order valence-electron chi connectivity index (χ1n) is 7.02. The molecule has 3 rings (SSSR count). The molecule has 1 amide bonds. The van der Waals surface area contributed by atoms with Gasteiger partial charge >= 0.3 is 0 Å². The Labute approximate surface area is 118 Å². The van der Waals surface area contributed by atoms with E-state index in [4.69, 9.17) is 0 Å². The molecule has 1 saturated heterocycles. The Bertz CT molecular complexity index is 633. The van der Waals surface area contributed by atoms with Crippen LogP contribution in [0.25, 0.3) is 11.0 Å². The van der Waals surface area contributed by atoms with E-state index in [1.165, 1.54) is 6.42 Å². The van der Waals surface area contributed by atoms with E-state index in [2.05, 4.69) is 29.0 Å². The normalized spacial score (nSPS) is 23.0. The Morgan fingerprint density at radius 3 is 2.45 bits per heavy atom. The van der Waals surface area contributed by atoms with E-state index in [0.29, 0.717) is 22.9 Å². The van der Waals surface area contributed by atoms with E-state index in [0.717, 1.165) is 13.1 Å². The first kappa shape index (κ1) is 13.0. The summed E-state index contributed by atoms with van der Waals surface area (Å²) in [7, 11) is 0. The summed E-state index contributed by atoms with van der Waals surface area (Å²) in [5.74, 6) is 1.14. The maximum Gasteiger partial charge on any atom is 0.293 e. The number of hydrogen-bond acceptors (Lipinski definition) is 4. The number of rotatable bonds is 1.